The van der Waals surface area contributed by atoms with Gasteiger partial charge in [-0.2, -0.15) is 5.48 Å². The third-order valence-electron chi connectivity index (χ3n) is 0.287. The van der Waals surface area contributed by atoms with E-state index < -0.39 is 0 Å². The minimum absolute atomic E-state index is 0.219. The summed E-state index contributed by atoms with van der Waals surface area (Å²) in [4.78, 5) is 8.37. The summed E-state index contributed by atoms with van der Waals surface area (Å²) in [6.45, 7) is 0.219. The quantitative estimate of drug-likeness (QED) is 0.266. The Balaban J connectivity index is 2.34. The Morgan fingerprint density at radius 3 is 2.67 bits per heavy atom. The fraction of sp³-hybridized carbons (Fsp3) is 1.00. The minimum atomic E-state index is 0.219. The molecule has 0 amide bonds. The van der Waals surface area contributed by atoms with Gasteiger partial charge in [0.15, 0.2) is 0 Å². The maximum atomic E-state index is 4.57. The van der Waals surface area contributed by atoms with Crippen LogP contribution in [-0.4, -0.2) is 13.8 Å². The summed E-state index contributed by atoms with van der Waals surface area (Å²) in [5.41, 5.74) is 2.35. The highest BCUT2D eigenvalue weighted by Crippen LogP contribution is 1.50. The van der Waals surface area contributed by atoms with E-state index in [2.05, 4.69) is 21.1 Å². The zero-order valence-corrected chi connectivity index (χ0v) is 3.60. The first-order chi connectivity index (χ1) is 2.91. The van der Waals surface area contributed by atoms with E-state index >= 15 is 0 Å². The average Bonchev–Trinajstić information content (AvgIpc) is 1.61. The fourth-order valence-electron chi connectivity index (χ4n) is 0.0929. The van der Waals surface area contributed by atoms with Gasteiger partial charge in [0.1, 0.15) is 6.73 Å². The number of rotatable bonds is 3. The van der Waals surface area contributed by atoms with Crippen LogP contribution in [0.15, 0.2) is 0 Å². The molecular weight excluding hydrogens is 84.0 g/mol. The van der Waals surface area contributed by atoms with Gasteiger partial charge in [-0.05, 0) is 0 Å². The molecule has 0 saturated carbocycles. The number of nitrogens with two attached hydrogens (primary N) is 1. The molecule has 0 aliphatic heterocycles. The molecule has 0 aliphatic carbocycles. The zero-order valence-electron chi connectivity index (χ0n) is 3.60. The van der Waals surface area contributed by atoms with E-state index in [0.717, 1.165) is 0 Å². The summed E-state index contributed by atoms with van der Waals surface area (Å²) in [5, 5.41) is 0. The van der Waals surface area contributed by atoms with Gasteiger partial charge in [0, 0.05) is 0 Å². The van der Waals surface area contributed by atoms with E-state index in [4.69, 9.17) is 0 Å². The first kappa shape index (κ1) is 5.84. The van der Waals surface area contributed by atoms with E-state index in [9.17, 15) is 0 Å². The van der Waals surface area contributed by atoms with Crippen LogP contribution in [0.2, 0.25) is 0 Å². The lowest BCUT2D eigenvalue weighted by Gasteiger charge is -1.94. The Kier molecular flexibility index (Phi) is 4.71. The number of hydrogen-bond acceptors (Lipinski definition) is 4. The van der Waals surface area contributed by atoms with Crippen LogP contribution >= 0.6 is 0 Å². The lowest BCUT2D eigenvalue weighted by Crippen LogP contribution is -2.18. The molecule has 0 aliphatic rings. The second-order valence-electron chi connectivity index (χ2n) is 0.659. The van der Waals surface area contributed by atoms with Crippen molar-refractivity contribution in [3.8, 4) is 0 Å². The van der Waals surface area contributed by atoms with E-state index in [1.807, 2.05) is 0 Å². The van der Waals surface area contributed by atoms with Crippen molar-refractivity contribution < 1.29 is 9.68 Å². The molecule has 0 aromatic carbocycles. The average molecular weight is 92.1 g/mol. The Hall–Kier alpha value is -0.160. The van der Waals surface area contributed by atoms with Crippen LogP contribution in [0.3, 0.4) is 0 Å². The first-order valence-electron chi connectivity index (χ1n) is 1.49. The van der Waals surface area contributed by atoms with Crippen molar-refractivity contribution in [2.24, 2.45) is 5.90 Å². The van der Waals surface area contributed by atoms with Crippen LogP contribution in [0, 0.1) is 0 Å². The summed E-state index contributed by atoms with van der Waals surface area (Å²) in [7, 11) is 1.49. The second kappa shape index (κ2) is 4.84. The van der Waals surface area contributed by atoms with Gasteiger partial charge in [0.05, 0.1) is 7.11 Å². The number of hydrogen-bond donors (Lipinski definition) is 2. The molecular formula is C2H8N2O2. The van der Waals surface area contributed by atoms with Crippen molar-refractivity contribution in [1.82, 2.24) is 5.48 Å². The maximum Gasteiger partial charge on any atom is 0.140 e. The molecule has 0 aromatic heterocycles. The maximum absolute atomic E-state index is 4.57. The summed E-state index contributed by atoms with van der Waals surface area (Å²) in [6, 6.07) is 0. The Morgan fingerprint density at radius 2 is 2.50 bits per heavy atom. The van der Waals surface area contributed by atoms with Gasteiger partial charge in [0.2, 0.25) is 0 Å². The molecule has 0 unspecified atom stereocenters. The van der Waals surface area contributed by atoms with E-state index in [0.29, 0.717) is 0 Å². The molecule has 0 saturated heterocycles. The van der Waals surface area contributed by atoms with Crippen LogP contribution in [0.1, 0.15) is 0 Å². The van der Waals surface area contributed by atoms with Gasteiger partial charge in [-0.15, -0.1) is 0 Å². The summed E-state index contributed by atoms with van der Waals surface area (Å²) in [5.74, 6) is 4.57. The standard InChI is InChI=1S/C2H8N2O2/c1-5-4-2-6-3/h4H,2-3H2,1H3. The molecule has 0 fully saturated rings. The molecule has 4 nitrogen and oxygen atoms in total. The van der Waals surface area contributed by atoms with Gasteiger partial charge in [-0.25, -0.2) is 5.90 Å². The molecule has 6 heavy (non-hydrogen) atoms. The van der Waals surface area contributed by atoms with Gasteiger partial charge in [-0.3, -0.25) is 4.84 Å². The molecule has 0 radical (unpaired) electrons. The summed E-state index contributed by atoms with van der Waals surface area (Å²) >= 11 is 0. The SMILES string of the molecule is CONCON. The molecule has 0 rings (SSSR count). The van der Waals surface area contributed by atoms with Crippen molar-refractivity contribution in [2.75, 3.05) is 13.8 Å². The smallest absolute Gasteiger partial charge is 0.140 e. The molecule has 0 aromatic rings. The largest absolute Gasteiger partial charge is 0.303 e. The normalized spacial score (nSPS) is 9.00. The Bertz CT molecular complexity index is 21.5. The summed E-state index contributed by atoms with van der Waals surface area (Å²) < 4.78 is 0. The first-order valence-corrected chi connectivity index (χ1v) is 1.49. The Morgan fingerprint density at radius 1 is 1.83 bits per heavy atom. The predicted octanol–water partition coefficient (Wildman–Crippen LogP) is -1.01. The topological polar surface area (TPSA) is 56.5 Å². The zero-order chi connectivity index (χ0) is 4.83. The number of hydroxylamine groups is 1. The predicted molar refractivity (Wildman–Crippen MR) is 20.3 cm³/mol. The van der Waals surface area contributed by atoms with Crippen molar-refractivity contribution in [3.63, 3.8) is 0 Å². The molecule has 38 valence electrons. The fourth-order valence-corrected chi connectivity index (χ4v) is 0.0929. The second-order valence-corrected chi connectivity index (χ2v) is 0.659. The molecule has 0 heterocycles. The third-order valence-corrected chi connectivity index (χ3v) is 0.287. The van der Waals surface area contributed by atoms with E-state index in [1.165, 1.54) is 7.11 Å². The molecule has 0 bridgehead atoms. The third kappa shape index (κ3) is 3.84. The molecule has 0 spiro atoms. The highest BCUT2D eigenvalue weighted by Gasteiger charge is 1.70. The van der Waals surface area contributed by atoms with Crippen molar-refractivity contribution >= 4 is 0 Å². The van der Waals surface area contributed by atoms with Crippen LogP contribution in [0.5, 0.6) is 0 Å². The lowest BCUT2D eigenvalue weighted by atomic mass is 11.3. The van der Waals surface area contributed by atoms with E-state index in [1.54, 1.807) is 0 Å². The lowest BCUT2D eigenvalue weighted by molar-refractivity contribution is -0.00764. The van der Waals surface area contributed by atoms with Crippen LogP contribution in [0.4, 0.5) is 0 Å². The number of nitrogens with one attached hydrogen (secondary N) is 1. The van der Waals surface area contributed by atoms with Crippen molar-refractivity contribution in [3.05, 3.63) is 0 Å². The van der Waals surface area contributed by atoms with E-state index in [-0.39, 0.29) is 6.73 Å². The van der Waals surface area contributed by atoms with Crippen LogP contribution in [0.25, 0.3) is 0 Å². The minimum Gasteiger partial charge on any atom is -0.303 e. The summed E-state index contributed by atoms with van der Waals surface area (Å²) in [6.07, 6.45) is 0. The van der Waals surface area contributed by atoms with Gasteiger partial charge in [-0.1, -0.05) is 0 Å². The van der Waals surface area contributed by atoms with Gasteiger partial charge >= 0.3 is 0 Å². The van der Waals surface area contributed by atoms with Crippen molar-refractivity contribution in [2.45, 2.75) is 0 Å². The van der Waals surface area contributed by atoms with Crippen LogP contribution in [-0.2, 0) is 9.68 Å². The highest BCUT2D eigenvalue weighted by atomic mass is 16.7. The monoisotopic (exact) mass is 92.1 g/mol. The van der Waals surface area contributed by atoms with Gasteiger partial charge < -0.3 is 4.84 Å². The molecule has 3 N–H and O–H groups in total. The van der Waals surface area contributed by atoms with Gasteiger partial charge in [0.25, 0.3) is 0 Å². The highest BCUT2D eigenvalue weighted by molar-refractivity contribution is 3.96. The molecule has 4 heteroatoms. The Labute approximate surface area is 36.1 Å². The molecule has 0 atom stereocenters. The van der Waals surface area contributed by atoms with Crippen molar-refractivity contribution in [1.29, 1.82) is 0 Å². The van der Waals surface area contributed by atoms with Crippen LogP contribution < -0.4 is 11.4 Å².